The number of carboxylic acid groups (broad SMARTS) is 1. The fraction of sp³-hybridized carbons (Fsp3) is 0.529. The number of rotatable bonds is 6. The summed E-state index contributed by atoms with van der Waals surface area (Å²) in [5, 5.41) is 12.2. The van der Waals surface area contributed by atoms with Gasteiger partial charge in [-0.05, 0) is 31.7 Å². The molecular weight excluding hydrogens is 266 g/mol. The van der Waals surface area contributed by atoms with Gasteiger partial charge in [-0.15, -0.1) is 0 Å². The predicted octanol–water partition coefficient (Wildman–Crippen LogP) is 2.69. The number of benzene rings is 1. The van der Waals surface area contributed by atoms with Gasteiger partial charge >= 0.3 is 5.97 Å². The Labute approximate surface area is 125 Å². The molecule has 0 heterocycles. The van der Waals surface area contributed by atoms with Crippen molar-refractivity contribution in [3.63, 3.8) is 0 Å². The molecule has 1 aliphatic carbocycles. The minimum atomic E-state index is -0.779. The lowest BCUT2D eigenvalue weighted by Gasteiger charge is -2.23. The lowest BCUT2D eigenvalue weighted by molar-refractivity contribution is -0.148. The maximum Gasteiger partial charge on any atom is 0.311 e. The summed E-state index contributed by atoms with van der Waals surface area (Å²) in [6, 6.07) is 8.12. The summed E-state index contributed by atoms with van der Waals surface area (Å²) in [6.45, 7) is 2.29. The van der Waals surface area contributed by atoms with Crippen LogP contribution in [0.5, 0.6) is 0 Å². The number of aryl methyl sites for hydroxylation is 2. The molecule has 1 aromatic carbocycles. The van der Waals surface area contributed by atoms with Crippen molar-refractivity contribution in [2.24, 2.45) is 5.41 Å². The summed E-state index contributed by atoms with van der Waals surface area (Å²) in [5.74, 6) is -0.845. The van der Waals surface area contributed by atoms with Gasteiger partial charge < -0.3 is 10.4 Å². The van der Waals surface area contributed by atoms with Gasteiger partial charge in [0.1, 0.15) is 0 Å². The maximum atomic E-state index is 11.9. The molecular formula is C17H23NO3. The second kappa shape index (κ2) is 6.74. The van der Waals surface area contributed by atoms with Crippen molar-refractivity contribution >= 4 is 11.9 Å². The molecule has 0 aromatic heterocycles. The molecule has 1 aromatic rings. The van der Waals surface area contributed by atoms with E-state index in [0.717, 1.165) is 18.4 Å². The molecule has 0 spiro atoms. The maximum absolute atomic E-state index is 11.9. The Balaban J connectivity index is 1.79. The van der Waals surface area contributed by atoms with Crippen LogP contribution in [0.3, 0.4) is 0 Å². The lowest BCUT2D eigenvalue weighted by Crippen LogP contribution is -2.41. The molecule has 1 saturated carbocycles. The van der Waals surface area contributed by atoms with Gasteiger partial charge in [-0.1, -0.05) is 42.7 Å². The van der Waals surface area contributed by atoms with Gasteiger partial charge in [-0.2, -0.15) is 0 Å². The Hall–Kier alpha value is -1.84. The topological polar surface area (TPSA) is 66.4 Å². The van der Waals surface area contributed by atoms with E-state index in [9.17, 15) is 14.7 Å². The van der Waals surface area contributed by atoms with Crippen LogP contribution in [0.15, 0.2) is 24.3 Å². The molecule has 0 unspecified atom stereocenters. The predicted molar refractivity (Wildman–Crippen MR) is 81.0 cm³/mol. The Morgan fingerprint density at radius 3 is 2.38 bits per heavy atom. The monoisotopic (exact) mass is 289 g/mol. The molecule has 0 saturated heterocycles. The van der Waals surface area contributed by atoms with Gasteiger partial charge in [0.25, 0.3) is 0 Å². The molecule has 0 atom stereocenters. The third-order valence-electron chi connectivity index (χ3n) is 4.40. The molecule has 0 bridgehead atoms. The number of aliphatic carboxylic acids is 1. The molecule has 4 heteroatoms. The van der Waals surface area contributed by atoms with Crippen LogP contribution < -0.4 is 5.32 Å². The average Bonchev–Trinajstić information content (AvgIpc) is 2.95. The first-order valence-corrected chi connectivity index (χ1v) is 7.57. The Morgan fingerprint density at radius 2 is 1.81 bits per heavy atom. The highest BCUT2D eigenvalue weighted by molar-refractivity contribution is 5.79. The van der Waals surface area contributed by atoms with Crippen LogP contribution in [-0.4, -0.2) is 23.5 Å². The van der Waals surface area contributed by atoms with Crippen LogP contribution in [0.4, 0.5) is 0 Å². The SMILES string of the molecule is Cc1ccc(CCC(=O)NCC2(C(=O)O)CCCC2)cc1. The molecule has 4 nitrogen and oxygen atoms in total. The van der Waals surface area contributed by atoms with E-state index in [1.54, 1.807) is 0 Å². The molecule has 1 fully saturated rings. The zero-order chi connectivity index (χ0) is 15.3. The standard InChI is InChI=1S/C17H23NO3/c1-13-4-6-14(7-5-13)8-9-15(19)18-12-17(16(20)21)10-2-3-11-17/h4-7H,2-3,8-12H2,1H3,(H,18,19)(H,20,21). The molecule has 1 amide bonds. The Kier molecular flexibility index (Phi) is 4.99. The van der Waals surface area contributed by atoms with Crippen molar-refractivity contribution in [1.29, 1.82) is 0 Å². The second-order valence-electron chi connectivity index (χ2n) is 6.05. The third-order valence-corrected chi connectivity index (χ3v) is 4.40. The van der Waals surface area contributed by atoms with E-state index in [0.29, 0.717) is 25.7 Å². The van der Waals surface area contributed by atoms with Gasteiger partial charge in [0, 0.05) is 13.0 Å². The summed E-state index contributed by atoms with van der Waals surface area (Å²) < 4.78 is 0. The lowest BCUT2D eigenvalue weighted by atomic mass is 9.86. The molecule has 0 aliphatic heterocycles. The zero-order valence-electron chi connectivity index (χ0n) is 12.5. The van der Waals surface area contributed by atoms with Crippen molar-refractivity contribution in [2.75, 3.05) is 6.54 Å². The van der Waals surface area contributed by atoms with Crippen molar-refractivity contribution < 1.29 is 14.7 Å². The minimum absolute atomic E-state index is 0.0666. The quantitative estimate of drug-likeness (QED) is 0.846. The van der Waals surface area contributed by atoms with Gasteiger partial charge in [0.2, 0.25) is 5.91 Å². The normalized spacial score (nSPS) is 16.6. The number of amides is 1. The summed E-state index contributed by atoms with van der Waals surface area (Å²) in [6.07, 6.45) is 4.29. The highest BCUT2D eigenvalue weighted by atomic mass is 16.4. The fourth-order valence-corrected chi connectivity index (χ4v) is 2.89. The molecule has 2 N–H and O–H groups in total. The van der Waals surface area contributed by atoms with Crippen molar-refractivity contribution in [2.45, 2.75) is 45.4 Å². The first kappa shape index (κ1) is 15.5. The zero-order valence-corrected chi connectivity index (χ0v) is 12.5. The van der Waals surface area contributed by atoms with E-state index in [1.165, 1.54) is 5.56 Å². The van der Waals surface area contributed by atoms with E-state index >= 15 is 0 Å². The smallest absolute Gasteiger partial charge is 0.311 e. The largest absolute Gasteiger partial charge is 0.481 e. The molecule has 21 heavy (non-hydrogen) atoms. The van der Waals surface area contributed by atoms with Crippen LogP contribution >= 0.6 is 0 Å². The van der Waals surface area contributed by atoms with Crippen LogP contribution in [0.2, 0.25) is 0 Å². The average molecular weight is 289 g/mol. The van der Waals surface area contributed by atoms with Crippen LogP contribution in [-0.2, 0) is 16.0 Å². The van der Waals surface area contributed by atoms with E-state index in [1.807, 2.05) is 31.2 Å². The number of carbonyl (C=O) groups excluding carboxylic acids is 1. The van der Waals surface area contributed by atoms with E-state index in [2.05, 4.69) is 5.32 Å². The van der Waals surface area contributed by atoms with Crippen molar-refractivity contribution in [3.8, 4) is 0 Å². The van der Waals surface area contributed by atoms with E-state index in [4.69, 9.17) is 0 Å². The van der Waals surface area contributed by atoms with Crippen LogP contribution in [0, 0.1) is 12.3 Å². The first-order valence-electron chi connectivity index (χ1n) is 7.57. The Morgan fingerprint density at radius 1 is 1.19 bits per heavy atom. The fourth-order valence-electron chi connectivity index (χ4n) is 2.89. The third kappa shape index (κ3) is 4.06. The number of carboxylic acids is 1. The number of nitrogens with one attached hydrogen (secondary N) is 1. The van der Waals surface area contributed by atoms with Crippen LogP contribution in [0.25, 0.3) is 0 Å². The molecule has 0 radical (unpaired) electrons. The highest BCUT2D eigenvalue weighted by Gasteiger charge is 2.41. The van der Waals surface area contributed by atoms with Crippen molar-refractivity contribution in [3.05, 3.63) is 35.4 Å². The van der Waals surface area contributed by atoms with Gasteiger partial charge in [-0.3, -0.25) is 9.59 Å². The van der Waals surface area contributed by atoms with Gasteiger partial charge in [0.15, 0.2) is 0 Å². The summed E-state index contributed by atoms with van der Waals surface area (Å²) in [4.78, 5) is 23.3. The van der Waals surface area contributed by atoms with E-state index < -0.39 is 11.4 Å². The van der Waals surface area contributed by atoms with Crippen LogP contribution in [0.1, 0.15) is 43.2 Å². The number of hydrogen-bond donors (Lipinski definition) is 2. The summed E-state index contributed by atoms with van der Waals surface area (Å²) in [5.41, 5.74) is 1.59. The molecule has 114 valence electrons. The second-order valence-corrected chi connectivity index (χ2v) is 6.05. The first-order chi connectivity index (χ1) is 10.0. The minimum Gasteiger partial charge on any atom is -0.481 e. The van der Waals surface area contributed by atoms with E-state index in [-0.39, 0.29) is 12.5 Å². The molecule has 1 aliphatic rings. The number of carbonyl (C=O) groups is 2. The van der Waals surface area contributed by atoms with Crippen molar-refractivity contribution in [1.82, 2.24) is 5.32 Å². The summed E-state index contributed by atoms with van der Waals surface area (Å²) >= 11 is 0. The Bertz CT molecular complexity index is 501. The van der Waals surface area contributed by atoms with Gasteiger partial charge in [-0.25, -0.2) is 0 Å². The molecule has 2 rings (SSSR count). The van der Waals surface area contributed by atoms with Gasteiger partial charge in [0.05, 0.1) is 5.41 Å². The summed E-state index contributed by atoms with van der Waals surface area (Å²) in [7, 11) is 0. The number of hydrogen-bond acceptors (Lipinski definition) is 2. The highest BCUT2D eigenvalue weighted by Crippen LogP contribution is 2.37.